The molecule has 1 heterocycles. The molecule has 4 nitrogen and oxygen atoms in total. The van der Waals surface area contributed by atoms with Gasteiger partial charge < -0.3 is 9.15 Å². The fourth-order valence-electron chi connectivity index (χ4n) is 2.72. The van der Waals surface area contributed by atoms with Gasteiger partial charge in [0.05, 0.1) is 0 Å². The van der Waals surface area contributed by atoms with Crippen LogP contribution < -0.4 is 5.63 Å². The first-order chi connectivity index (χ1) is 13.0. The van der Waals surface area contributed by atoms with Gasteiger partial charge in [-0.15, -0.1) is 11.8 Å². The van der Waals surface area contributed by atoms with Gasteiger partial charge in [-0.2, -0.15) is 0 Å². The van der Waals surface area contributed by atoms with Gasteiger partial charge in [0.1, 0.15) is 12.2 Å². The summed E-state index contributed by atoms with van der Waals surface area (Å²) >= 11 is 1.66. The Hall–Kier alpha value is -2.79. The molecule has 0 aliphatic carbocycles. The van der Waals surface area contributed by atoms with Gasteiger partial charge in [-0.05, 0) is 55.0 Å². The minimum absolute atomic E-state index is 0.0131. The Morgan fingerprint density at radius 1 is 1.15 bits per heavy atom. The molecule has 0 spiro atoms. The monoisotopic (exact) mass is 380 g/mol. The number of hydrogen-bond acceptors (Lipinski definition) is 5. The van der Waals surface area contributed by atoms with Crippen molar-refractivity contribution < 1.29 is 13.9 Å². The van der Waals surface area contributed by atoms with Crippen LogP contribution in [0.15, 0.2) is 62.6 Å². The van der Waals surface area contributed by atoms with E-state index in [0.717, 1.165) is 27.0 Å². The van der Waals surface area contributed by atoms with E-state index in [1.807, 2.05) is 56.5 Å². The number of esters is 1. The van der Waals surface area contributed by atoms with Crippen LogP contribution in [-0.4, -0.2) is 12.2 Å². The van der Waals surface area contributed by atoms with Gasteiger partial charge in [-0.1, -0.05) is 24.3 Å². The van der Waals surface area contributed by atoms with Gasteiger partial charge in [-0.25, -0.2) is 9.59 Å². The number of aryl methyl sites for hydroxylation is 2. The highest BCUT2D eigenvalue weighted by molar-refractivity contribution is 7.98. The van der Waals surface area contributed by atoms with Crippen molar-refractivity contribution in [3.63, 3.8) is 0 Å². The third-order valence-electron chi connectivity index (χ3n) is 4.42. The minimum atomic E-state index is -0.464. The maximum Gasteiger partial charge on any atom is 0.336 e. The van der Waals surface area contributed by atoms with Gasteiger partial charge >= 0.3 is 11.6 Å². The molecule has 0 radical (unpaired) electrons. The molecule has 0 bridgehead atoms. The molecule has 0 aliphatic rings. The number of benzene rings is 2. The van der Waals surface area contributed by atoms with Crippen molar-refractivity contribution in [1.82, 2.24) is 0 Å². The fourth-order valence-corrected chi connectivity index (χ4v) is 3.13. The zero-order valence-corrected chi connectivity index (χ0v) is 16.3. The standard InChI is InChI=1S/C22H20O4S/c1-14-4-10-19-17(12-21(24)26-22(19)15(14)2)13-25-20(23)11-7-16-5-8-18(27-3)9-6-16/h4-12H,13H2,1-3H3. The molecule has 5 heteroatoms. The number of thioether (sulfide) groups is 1. The predicted octanol–water partition coefficient (Wildman–Crippen LogP) is 4.89. The van der Waals surface area contributed by atoms with Gasteiger partial charge in [0.2, 0.25) is 0 Å². The predicted molar refractivity (Wildman–Crippen MR) is 109 cm³/mol. The summed E-state index contributed by atoms with van der Waals surface area (Å²) in [5.74, 6) is -0.464. The summed E-state index contributed by atoms with van der Waals surface area (Å²) in [6, 6.07) is 13.1. The van der Waals surface area contributed by atoms with Crippen molar-refractivity contribution in [2.45, 2.75) is 25.3 Å². The molecule has 0 unspecified atom stereocenters. The van der Waals surface area contributed by atoms with Crippen LogP contribution in [0.25, 0.3) is 17.0 Å². The van der Waals surface area contributed by atoms with Crippen molar-refractivity contribution in [2.75, 3.05) is 6.26 Å². The molecule has 1 aromatic heterocycles. The van der Waals surface area contributed by atoms with Crippen molar-refractivity contribution in [3.05, 3.63) is 81.2 Å². The minimum Gasteiger partial charge on any atom is -0.458 e. The third-order valence-corrected chi connectivity index (χ3v) is 5.16. The van der Waals surface area contributed by atoms with Crippen LogP contribution in [0.4, 0.5) is 0 Å². The maximum atomic E-state index is 12.0. The van der Waals surface area contributed by atoms with Crippen molar-refractivity contribution >= 4 is 34.8 Å². The fraction of sp³-hybridized carbons (Fsp3) is 0.182. The molecule has 0 fully saturated rings. The lowest BCUT2D eigenvalue weighted by Crippen LogP contribution is -2.06. The molecule has 0 N–H and O–H groups in total. The zero-order chi connectivity index (χ0) is 19.4. The molecule has 27 heavy (non-hydrogen) atoms. The van der Waals surface area contributed by atoms with Crippen LogP contribution in [0.3, 0.4) is 0 Å². The van der Waals surface area contributed by atoms with Gasteiger partial charge in [-0.3, -0.25) is 0 Å². The number of carbonyl (C=O) groups excluding carboxylic acids is 1. The number of carbonyl (C=O) groups is 1. The van der Waals surface area contributed by atoms with E-state index >= 15 is 0 Å². The van der Waals surface area contributed by atoms with E-state index in [0.29, 0.717) is 11.1 Å². The van der Waals surface area contributed by atoms with E-state index in [1.54, 1.807) is 17.8 Å². The Bertz CT molecular complexity index is 1060. The van der Waals surface area contributed by atoms with Gasteiger partial charge in [0.25, 0.3) is 0 Å². The lowest BCUT2D eigenvalue weighted by Gasteiger charge is -2.09. The Labute approximate surface area is 161 Å². The molecular formula is C22H20O4S. The Morgan fingerprint density at radius 3 is 2.59 bits per heavy atom. The average molecular weight is 380 g/mol. The summed E-state index contributed by atoms with van der Waals surface area (Å²) in [7, 11) is 0. The number of ether oxygens (including phenoxy) is 1. The van der Waals surface area contributed by atoms with Crippen LogP contribution in [-0.2, 0) is 16.1 Å². The highest BCUT2D eigenvalue weighted by Crippen LogP contribution is 2.23. The molecule has 0 saturated carbocycles. The summed E-state index contributed by atoms with van der Waals surface area (Å²) in [5, 5.41) is 0.780. The molecule has 138 valence electrons. The van der Waals surface area contributed by atoms with Crippen molar-refractivity contribution in [3.8, 4) is 0 Å². The molecule has 0 aliphatic heterocycles. The Morgan fingerprint density at radius 2 is 1.89 bits per heavy atom. The van der Waals surface area contributed by atoms with Crippen LogP contribution in [0.2, 0.25) is 0 Å². The van der Waals surface area contributed by atoms with Crippen molar-refractivity contribution in [1.29, 1.82) is 0 Å². The van der Waals surface area contributed by atoms with Crippen LogP contribution >= 0.6 is 11.8 Å². The zero-order valence-electron chi connectivity index (χ0n) is 15.4. The molecule has 0 saturated heterocycles. The topological polar surface area (TPSA) is 56.5 Å². The largest absolute Gasteiger partial charge is 0.458 e. The third kappa shape index (κ3) is 4.49. The second kappa shape index (κ2) is 8.27. The first kappa shape index (κ1) is 19.0. The first-order valence-electron chi connectivity index (χ1n) is 8.50. The maximum absolute atomic E-state index is 12.0. The molecule has 0 atom stereocenters. The Balaban J connectivity index is 1.74. The van der Waals surface area contributed by atoms with E-state index in [2.05, 4.69) is 0 Å². The van der Waals surface area contributed by atoms with E-state index in [4.69, 9.17) is 9.15 Å². The van der Waals surface area contributed by atoms with E-state index < -0.39 is 11.6 Å². The van der Waals surface area contributed by atoms with Crippen LogP contribution in [0, 0.1) is 13.8 Å². The number of rotatable bonds is 5. The lowest BCUT2D eigenvalue weighted by atomic mass is 10.0. The van der Waals surface area contributed by atoms with Crippen LogP contribution in [0.5, 0.6) is 0 Å². The first-order valence-corrected chi connectivity index (χ1v) is 9.72. The Kier molecular flexibility index (Phi) is 5.81. The highest BCUT2D eigenvalue weighted by atomic mass is 32.2. The summed E-state index contributed by atoms with van der Waals surface area (Å²) in [5.41, 5.74) is 3.59. The van der Waals surface area contributed by atoms with Crippen LogP contribution in [0.1, 0.15) is 22.3 Å². The van der Waals surface area contributed by atoms with E-state index in [1.165, 1.54) is 12.1 Å². The highest BCUT2D eigenvalue weighted by Gasteiger charge is 2.10. The summed E-state index contributed by atoms with van der Waals surface area (Å²) in [6.45, 7) is 3.87. The molecule has 2 aromatic carbocycles. The molecule has 3 aromatic rings. The van der Waals surface area contributed by atoms with Gasteiger partial charge in [0, 0.05) is 28.0 Å². The quantitative estimate of drug-likeness (QED) is 0.273. The smallest absolute Gasteiger partial charge is 0.336 e. The molecule has 3 rings (SSSR count). The number of fused-ring (bicyclic) bond motifs is 1. The van der Waals surface area contributed by atoms with E-state index in [-0.39, 0.29) is 6.61 Å². The normalized spacial score (nSPS) is 11.2. The lowest BCUT2D eigenvalue weighted by molar-refractivity contribution is -0.138. The SMILES string of the molecule is CSc1ccc(C=CC(=O)OCc2cc(=O)oc3c(C)c(C)ccc23)cc1. The number of hydrogen-bond donors (Lipinski definition) is 0. The van der Waals surface area contributed by atoms with E-state index in [9.17, 15) is 9.59 Å². The summed E-state index contributed by atoms with van der Waals surface area (Å²) in [4.78, 5) is 25.1. The second-order valence-corrected chi connectivity index (χ2v) is 7.07. The average Bonchev–Trinajstić information content (AvgIpc) is 2.68. The second-order valence-electron chi connectivity index (χ2n) is 6.19. The van der Waals surface area contributed by atoms with Gasteiger partial charge in [0.15, 0.2) is 0 Å². The summed E-state index contributed by atoms with van der Waals surface area (Å²) in [6.07, 6.45) is 5.10. The van der Waals surface area contributed by atoms with Crippen molar-refractivity contribution in [2.24, 2.45) is 0 Å². The molecule has 0 amide bonds. The molecular weight excluding hydrogens is 360 g/mol. The summed E-state index contributed by atoms with van der Waals surface area (Å²) < 4.78 is 10.7.